The standard InChI is InChI=1S/2C34H35BrN2O2/c2*1-37(2)21-20-34(38,19-18-25-14-9-13-24-10-7-8-15-29(24)25)32(26-11-5-4-6-12-26)30-23-27-22-28(35)16-17-31(27)36-33(30)39-3/h2*4-17,22-23,32,38H,18-21H2,1-3H3. The number of methoxy groups -OCH3 is 2. The number of pyridine rings is 2. The van der Waals surface area contributed by atoms with E-state index in [4.69, 9.17) is 19.4 Å². The van der Waals surface area contributed by atoms with E-state index in [1.54, 1.807) is 14.2 Å². The number of aryl methyl sites for hydroxylation is 2. The predicted octanol–water partition coefficient (Wildman–Crippen LogP) is 15.2. The number of hydrogen-bond donors (Lipinski definition) is 2. The van der Waals surface area contributed by atoms with Gasteiger partial charge in [-0.3, -0.25) is 0 Å². The van der Waals surface area contributed by atoms with Crippen LogP contribution >= 0.6 is 31.9 Å². The topological polar surface area (TPSA) is 91.2 Å². The fraction of sp³-hybridized carbons (Fsp3) is 0.265. The summed E-state index contributed by atoms with van der Waals surface area (Å²) in [6.07, 6.45) is 3.89. The lowest BCUT2D eigenvalue weighted by Gasteiger charge is -2.38. The summed E-state index contributed by atoms with van der Waals surface area (Å²) in [4.78, 5) is 14.0. The van der Waals surface area contributed by atoms with E-state index in [-0.39, 0.29) is 11.8 Å². The molecular formula is C68H70Br2N4O4. The van der Waals surface area contributed by atoms with Crippen molar-refractivity contribution in [2.24, 2.45) is 0 Å². The summed E-state index contributed by atoms with van der Waals surface area (Å²) in [6, 6.07) is 66.8. The maximum Gasteiger partial charge on any atom is 0.217 e. The van der Waals surface area contributed by atoms with E-state index >= 15 is 0 Å². The van der Waals surface area contributed by atoms with E-state index in [0.717, 1.165) is 78.9 Å². The summed E-state index contributed by atoms with van der Waals surface area (Å²) in [6.45, 7) is 1.51. The van der Waals surface area contributed by atoms with Crippen molar-refractivity contribution < 1.29 is 19.7 Å². The lowest BCUT2D eigenvalue weighted by molar-refractivity contribution is 0.000503. The Balaban J connectivity index is 0.000000190. The minimum Gasteiger partial charge on any atom is -0.481 e. The zero-order chi connectivity index (χ0) is 54.8. The first-order chi connectivity index (χ1) is 37.8. The van der Waals surface area contributed by atoms with Crippen LogP contribution < -0.4 is 9.47 Å². The molecule has 0 aliphatic rings. The third kappa shape index (κ3) is 13.1. The largest absolute Gasteiger partial charge is 0.481 e. The van der Waals surface area contributed by atoms with Crippen LogP contribution in [0.25, 0.3) is 43.4 Å². The molecule has 10 rings (SSSR count). The van der Waals surface area contributed by atoms with Crippen LogP contribution in [0.4, 0.5) is 0 Å². The average molecular weight is 1170 g/mol. The van der Waals surface area contributed by atoms with Gasteiger partial charge in [0.2, 0.25) is 11.8 Å². The van der Waals surface area contributed by atoms with Crippen molar-refractivity contribution >= 4 is 75.2 Å². The molecule has 0 aliphatic carbocycles. The Morgan fingerprint density at radius 1 is 0.436 bits per heavy atom. The van der Waals surface area contributed by atoms with Crippen LogP contribution in [-0.2, 0) is 12.8 Å². The number of hydrogen-bond acceptors (Lipinski definition) is 8. The number of fused-ring (bicyclic) bond motifs is 4. The molecule has 0 saturated heterocycles. The summed E-state index contributed by atoms with van der Waals surface area (Å²) in [7, 11) is 11.5. The molecule has 8 aromatic carbocycles. The van der Waals surface area contributed by atoms with E-state index in [2.05, 4.69) is 203 Å². The van der Waals surface area contributed by atoms with Crippen molar-refractivity contribution in [2.45, 2.75) is 61.6 Å². The van der Waals surface area contributed by atoms with Crippen LogP contribution in [-0.4, -0.2) is 96.7 Å². The predicted molar refractivity (Wildman–Crippen MR) is 329 cm³/mol. The maximum atomic E-state index is 12.8. The number of nitrogens with zero attached hydrogens (tertiary/aromatic N) is 4. The summed E-state index contributed by atoms with van der Waals surface area (Å²) >= 11 is 7.22. The normalized spacial score (nSPS) is 14.0. The molecule has 0 radical (unpaired) electrons. The van der Waals surface area contributed by atoms with Gasteiger partial charge in [0.1, 0.15) is 0 Å². The van der Waals surface area contributed by atoms with Gasteiger partial charge in [-0.15, -0.1) is 0 Å². The van der Waals surface area contributed by atoms with Crippen LogP contribution in [0.1, 0.15) is 70.9 Å². The van der Waals surface area contributed by atoms with Gasteiger partial charge in [0.25, 0.3) is 0 Å². The zero-order valence-electron chi connectivity index (χ0n) is 45.5. The summed E-state index contributed by atoms with van der Waals surface area (Å²) in [5, 5.41) is 32.5. The first-order valence-electron chi connectivity index (χ1n) is 26.8. The molecule has 0 spiro atoms. The molecule has 400 valence electrons. The number of halogens is 2. The fourth-order valence-electron chi connectivity index (χ4n) is 11.3. The second-order valence-corrected chi connectivity index (χ2v) is 23.0. The lowest BCUT2D eigenvalue weighted by Crippen LogP contribution is -2.40. The molecule has 0 aliphatic heterocycles. The highest BCUT2D eigenvalue weighted by molar-refractivity contribution is 9.10. The van der Waals surface area contributed by atoms with Crippen molar-refractivity contribution in [3.05, 3.63) is 236 Å². The Morgan fingerprint density at radius 2 is 0.808 bits per heavy atom. The van der Waals surface area contributed by atoms with E-state index in [1.807, 2.05) is 60.7 Å². The Labute approximate surface area is 477 Å². The highest BCUT2D eigenvalue weighted by Crippen LogP contribution is 2.47. The smallest absolute Gasteiger partial charge is 0.217 e. The summed E-state index contributed by atoms with van der Waals surface area (Å²) < 4.78 is 13.7. The van der Waals surface area contributed by atoms with Crippen molar-refractivity contribution in [3.8, 4) is 11.8 Å². The molecule has 10 aromatic rings. The van der Waals surface area contributed by atoms with Crippen molar-refractivity contribution in [2.75, 3.05) is 55.5 Å². The van der Waals surface area contributed by atoms with Crippen LogP contribution in [0, 0.1) is 0 Å². The third-order valence-corrected chi connectivity index (χ3v) is 16.3. The number of ether oxygens (including phenoxy) is 2. The molecular weight excluding hydrogens is 1100 g/mol. The monoisotopic (exact) mass is 1160 g/mol. The molecule has 2 aromatic heterocycles. The van der Waals surface area contributed by atoms with Gasteiger partial charge in [-0.2, -0.15) is 0 Å². The van der Waals surface area contributed by atoms with Crippen molar-refractivity contribution in [1.29, 1.82) is 0 Å². The number of benzene rings is 8. The molecule has 78 heavy (non-hydrogen) atoms. The molecule has 0 bridgehead atoms. The molecule has 0 fully saturated rings. The van der Waals surface area contributed by atoms with E-state index < -0.39 is 11.2 Å². The van der Waals surface area contributed by atoms with Gasteiger partial charge in [0.15, 0.2) is 0 Å². The van der Waals surface area contributed by atoms with Crippen LogP contribution in [0.3, 0.4) is 0 Å². The summed E-state index contributed by atoms with van der Waals surface area (Å²) in [5.74, 6) is 0.429. The molecule has 4 atom stereocenters. The molecule has 0 amide bonds. The third-order valence-electron chi connectivity index (χ3n) is 15.3. The van der Waals surface area contributed by atoms with Crippen molar-refractivity contribution in [1.82, 2.24) is 19.8 Å². The number of aromatic nitrogens is 2. The lowest BCUT2D eigenvalue weighted by atomic mass is 9.72. The van der Waals surface area contributed by atoms with E-state index in [1.165, 1.54) is 32.7 Å². The SMILES string of the molecule is COc1nc2ccc(Br)cc2cc1C(c1ccccc1)C(O)(CCc1cccc2ccccc12)CCN(C)C.COc1nc2ccc(Br)cc2cc1C(c1ccccc1)C(O)(CCc1cccc2ccccc12)CCN(C)C. The number of rotatable bonds is 20. The Bertz CT molecular complexity index is 3370. The minimum absolute atomic E-state index is 0.334. The molecule has 8 nitrogen and oxygen atoms in total. The first kappa shape index (κ1) is 56.2. The average Bonchev–Trinajstić information content (AvgIpc) is 3.52. The second-order valence-electron chi connectivity index (χ2n) is 21.1. The Morgan fingerprint density at radius 3 is 1.19 bits per heavy atom. The van der Waals surface area contributed by atoms with E-state index in [0.29, 0.717) is 37.4 Å². The van der Waals surface area contributed by atoms with Gasteiger partial charge in [0, 0.05) is 55.8 Å². The second kappa shape index (κ2) is 25.5. The zero-order valence-corrected chi connectivity index (χ0v) is 48.7. The van der Waals surface area contributed by atoms with Gasteiger partial charge >= 0.3 is 0 Å². The van der Waals surface area contributed by atoms with Gasteiger partial charge in [-0.05, 0) is 159 Å². The minimum atomic E-state index is -1.06. The quantitative estimate of drug-likeness (QED) is 0.0780. The highest BCUT2D eigenvalue weighted by Gasteiger charge is 2.42. The Kier molecular flexibility index (Phi) is 18.4. The summed E-state index contributed by atoms with van der Waals surface area (Å²) in [5.41, 5.74) is 5.98. The molecule has 2 heterocycles. The highest BCUT2D eigenvalue weighted by atomic mass is 79.9. The van der Waals surface area contributed by atoms with Gasteiger partial charge in [-0.1, -0.05) is 177 Å². The fourth-order valence-corrected chi connectivity index (χ4v) is 12.0. The van der Waals surface area contributed by atoms with Crippen LogP contribution in [0.2, 0.25) is 0 Å². The molecule has 0 saturated carbocycles. The van der Waals surface area contributed by atoms with Crippen molar-refractivity contribution in [3.63, 3.8) is 0 Å². The first-order valence-corrected chi connectivity index (χ1v) is 28.4. The maximum absolute atomic E-state index is 12.8. The van der Waals surface area contributed by atoms with Gasteiger partial charge in [0.05, 0.1) is 36.5 Å². The number of aliphatic hydroxyl groups is 2. The van der Waals surface area contributed by atoms with Crippen LogP contribution in [0.15, 0.2) is 203 Å². The van der Waals surface area contributed by atoms with Gasteiger partial charge in [-0.25, -0.2) is 9.97 Å². The molecule has 10 heteroatoms. The molecule has 4 unspecified atom stereocenters. The van der Waals surface area contributed by atoms with Gasteiger partial charge < -0.3 is 29.5 Å². The Hall–Kier alpha value is -6.50. The van der Waals surface area contributed by atoms with E-state index in [9.17, 15) is 10.2 Å². The van der Waals surface area contributed by atoms with Crippen LogP contribution in [0.5, 0.6) is 11.8 Å². The molecule has 2 N–H and O–H groups in total.